The number of unbranched alkanes of at least 4 members (excludes halogenated alkanes) is 4. The summed E-state index contributed by atoms with van der Waals surface area (Å²) in [4.78, 5) is 16.2. The third-order valence-electron chi connectivity index (χ3n) is 3.35. The number of carbonyl (C=O) groups is 1. The summed E-state index contributed by atoms with van der Waals surface area (Å²) in [5, 5.41) is 0. The Hall–Kier alpha value is -0.570. The second-order valence-electron chi connectivity index (χ2n) is 4.85. The third-order valence-corrected chi connectivity index (χ3v) is 3.35. The van der Waals surface area contributed by atoms with Crippen molar-refractivity contribution < 1.29 is 4.79 Å². The zero-order chi connectivity index (χ0) is 11.8. The van der Waals surface area contributed by atoms with E-state index in [1.165, 1.54) is 25.7 Å². The molecule has 0 saturated carbocycles. The molecule has 0 aromatic heterocycles. The van der Waals surface area contributed by atoms with Crippen LogP contribution in [0.2, 0.25) is 0 Å². The van der Waals surface area contributed by atoms with Crippen LogP contribution >= 0.6 is 0 Å². The third kappa shape index (κ3) is 4.97. The number of carbonyl (C=O) groups excluding carboxylic acids is 1. The van der Waals surface area contributed by atoms with Gasteiger partial charge in [0, 0.05) is 32.6 Å². The zero-order valence-corrected chi connectivity index (χ0v) is 10.9. The van der Waals surface area contributed by atoms with Gasteiger partial charge in [-0.15, -0.1) is 0 Å². The van der Waals surface area contributed by atoms with E-state index in [2.05, 4.69) is 18.9 Å². The summed E-state index contributed by atoms with van der Waals surface area (Å²) in [6.45, 7) is 6.12. The van der Waals surface area contributed by atoms with Crippen LogP contribution in [0.25, 0.3) is 0 Å². The van der Waals surface area contributed by atoms with Crippen molar-refractivity contribution in [2.75, 3.05) is 33.2 Å². The van der Waals surface area contributed by atoms with Gasteiger partial charge in [0.2, 0.25) is 5.91 Å². The Morgan fingerprint density at radius 1 is 1.00 bits per heavy atom. The fourth-order valence-electron chi connectivity index (χ4n) is 2.09. The van der Waals surface area contributed by atoms with Crippen molar-refractivity contribution in [2.45, 2.75) is 45.4 Å². The summed E-state index contributed by atoms with van der Waals surface area (Å²) in [5.74, 6) is 0.365. The molecule has 1 aliphatic rings. The van der Waals surface area contributed by atoms with Crippen molar-refractivity contribution in [1.29, 1.82) is 0 Å². The summed E-state index contributed by atoms with van der Waals surface area (Å²) in [6.07, 6.45) is 6.91. The van der Waals surface area contributed by atoms with Gasteiger partial charge in [-0.25, -0.2) is 0 Å². The highest BCUT2D eigenvalue weighted by Crippen LogP contribution is 2.08. The van der Waals surface area contributed by atoms with Gasteiger partial charge >= 0.3 is 0 Å². The van der Waals surface area contributed by atoms with Gasteiger partial charge in [0.1, 0.15) is 0 Å². The lowest BCUT2D eigenvalue weighted by atomic mass is 10.1. The maximum absolute atomic E-state index is 11.8. The van der Waals surface area contributed by atoms with E-state index in [4.69, 9.17) is 0 Å². The van der Waals surface area contributed by atoms with E-state index in [-0.39, 0.29) is 0 Å². The van der Waals surface area contributed by atoms with Gasteiger partial charge in [-0.1, -0.05) is 32.6 Å². The highest BCUT2D eigenvalue weighted by atomic mass is 16.2. The van der Waals surface area contributed by atoms with E-state index in [0.29, 0.717) is 5.91 Å². The fraction of sp³-hybridized carbons (Fsp3) is 0.923. The fourth-order valence-corrected chi connectivity index (χ4v) is 2.09. The molecule has 0 atom stereocenters. The monoisotopic (exact) mass is 226 g/mol. The smallest absolute Gasteiger partial charge is 0.222 e. The number of piperazine rings is 1. The van der Waals surface area contributed by atoms with Gasteiger partial charge in [0.25, 0.3) is 0 Å². The van der Waals surface area contributed by atoms with E-state index in [9.17, 15) is 4.79 Å². The number of hydrogen-bond acceptors (Lipinski definition) is 2. The predicted molar refractivity (Wildman–Crippen MR) is 67.5 cm³/mol. The van der Waals surface area contributed by atoms with Crippen molar-refractivity contribution >= 4 is 5.91 Å². The number of rotatable bonds is 6. The molecule has 1 amide bonds. The zero-order valence-electron chi connectivity index (χ0n) is 10.9. The number of nitrogens with zero attached hydrogens (tertiary/aromatic N) is 2. The maximum Gasteiger partial charge on any atom is 0.222 e. The van der Waals surface area contributed by atoms with E-state index >= 15 is 0 Å². The first-order valence-corrected chi connectivity index (χ1v) is 6.70. The van der Waals surface area contributed by atoms with Crippen molar-refractivity contribution in [3.05, 3.63) is 0 Å². The minimum Gasteiger partial charge on any atom is -0.340 e. The maximum atomic E-state index is 11.8. The molecule has 0 bridgehead atoms. The van der Waals surface area contributed by atoms with Crippen molar-refractivity contribution in [3.8, 4) is 0 Å². The van der Waals surface area contributed by atoms with E-state index in [1.54, 1.807) is 0 Å². The molecule has 0 aromatic carbocycles. The molecule has 0 aromatic rings. The van der Waals surface area contributed by atoms with Gasteiger partial charge in [0.05, 0.1) is 0 Å². The molecule has 94 valence electrons. The Morgan fingerprint density at radius 3 is 2.25 bits per heavy atom. The summed E-state index contributed by atoms with van der Waals surface area (Å²) >= 11 is 0. The average molecular weight is 226 g/mol. The number of hydrogen-bond donors (Lipinski definition) is 0. The summed E-state index contributed by atoms with van der Waals surface area (Å²) in [5.41, 5.74) is 0. The molecule has 1 saturated heterocycles. The van der Waals surface area contributed by atoms with Crippen LogP contribution in [0.15, 0.2) is 0 Å². The topological polar surface area (TPSA) is 23.6 Å². The van der Waals surface area contributed by atoms with Crippen LogP contribution in [-0.4, -0.2) is 48.9 Å². The Kier molecular flexibility index (Phi) is 6.46. The summed E-state index contributed by atoms with van der Waals surface area (Å²) in [7, 11) is 2.12. The van der Waals surface area contributed by atoms with Crippen LogP contribution in [0.3, 0.4) is 0 Å². The molecule has 1 aliphatic heterocycles. The Morgan fingerprint density at radius 2 is 1.62 bits per heavy atom. The molecule has 0 radical (unpaired) electrons. The normalized spacial score (nSPS) is 17.8. The Labute approximate surface area is 99.8 Å². The van der Waals surface area contributed by atoms with Crippen LogP contribution in [0.1, 0.15) is 45.4 Å². The van der Waals surface area contributed by atoms with Crippen molar-refractivity contribution in [3.63, 3.8) is 0 Å². The van der Waals surface area contributed by atoms with Crippen LogP contribution in [0, 0.1) is 0 Å². The summed E-state index contributed by atoms with van der Waals surface area (Å²) < 4.78 is 0. The summed E-state index contributed by atoms with van der Waals surface area (Å²) in [6, 6.07) is 0. The van der Waals surface area contributed by atoms with Crippen LogP contribution in [0.4, 0.5) is 0 Å². The molecule has 0 unspecified atom stereocenters. The quantitative estimate of drug-likeness (QED) is 0.648. The van der Waals surface area contributed by atoms with Crippen LogP contribution in [-0.2, 0) is 4.79 Å². The van der Waals surface area contributed by atoms with E-state index in [1.807, 2.05) is 4.90 Å². The molecule has 1 heterocycles. The van der Waals surface area contributed by atoms with Crippen molar-refractivity contribution in [1.82, 2.24) is 9.80 Å². The molecule has 3 nitrogen and oxygen atoms in total. The highest BCUT2D eigenvalue weighted by molar-refractivity contribution is 5.76. The highest BCUT2D eigenvalue weighted by Gasteiger charge is 2.17. The van der Waals surface area contributed by atoms with Gasteiger partial charge in [-0.05, 0) is 13.5 Å². The molecular formula is C13H26N2O. The molecule has 3 heteroatoms. The van der Waals surface area contributed by atoms with E-state index in [0.717, 1.165) is 39.0 Å². The van der Waals surface area contributed by atoms with Crippen LogP contribution in [0.5, 0.6) is 0 Å². The first-order valence-electron chi connectivity index (χ1n) is 6.70. The second-order valence-corrected chi connectivity index (χ2v) is 4.85. The first-order chi connectivity index (χ1) is 7.74. The first kappa shape index (κ1) is 13.5. The van der Waals surface area contributed by atoms with E-state index < -0.39 is 0 Å². The molecule has 0 aliphatic carbocycles. The van der Waals surface area contributed by atoms with Gasteiger partial charge in [-0.2, -0.15) is 0 Å². The average Bonchev–Trinajstić information content (AvgIpc) is 2.29. The molecule has 0 spiro atoms. The lowest BCUT2D eigenvalue weighted by Gasteiger charge is -2.32. The Bertz CT molecular complexity index is 198. The van der Waals surface area contributed by atoms with Crippen LogP contribution < -0.4 is 0 Å². The lowest BCUT2D eigenvalue weighted by molar-refractivity contribution is -0.132. The van der Waals surface area contributed by atoms with Gasteiger partial charge in [0.15, 0.2) is 0 Å². The van der Waals surface area contributed by atoms with Gasteiger partial charge < -0.3 is 9.80 Å². The molecular weight excluding hydrogens is 200 g/mol. The molecule has 1 fully saturated rings. The molecule has 16 heavy (non-hydrogen) atoms. The minimum absolute atomic E-state index is 0.365. The number of likely N-dealkylation sites (N-methyl/N-ethyl adjacent to an activating group) is 1. The molecule has 1 rings (SSSR count). The standard InChI is InChI=1S/C13H26N2O/c1-3-4-5-6-7-8-13(16)15-11-9-14(2)10-12-15/h3-12H2,1-2H3. The Balaban J connectivity index is 2.06. The molecule has 0 N–H and O–H groups in total. The minimum atomic E-state index is 0.365. The predicted octanol–water partition coefficient (Wildman–Crippen LogP) is 2.12. The largest absolute Gasteiger partial charge is 0.340 e. The second kappa shape index (κ2) is 7.66. The van der Waals surface area contributed by atoms with Crippen molar-refractivity contribution in [2.24, 2.45) is 0 Å². The number of amides is 1. The lowest BCUT2D eigenvalue weighted by Crippen LogP contribution is -2.47. The van der Waals surface area contributed by atoms with Gasteiger partial charge in [-0.3, -0.25) is 4.79 Å². The SMILES string of the molecule is CCCCCCCC(=O)N1CCN(C)CC1.